The van der Waals surface area contributed by atoms with Gasteiger partial charge in [0.25, 0.3) is 0 Å². The molecule has 70 valence electrons. The minimum atomic E-state index is -0.909. The van der Waals surface area contributed by atoms with Gasteiger partial charge in [-0.05, 0) is 12.1 Å². The molecule has 0 saturated carbocycles. The molecule has 1 N–H and O–H groups in total. The van der Waals surface area contributed by atoms with E-state index < -0.39 is 5.97 Å². The van der Waals surface area contributed by atoms with Crippen LogP contribution in [0.4, 0.5) is 0 Å². The van der Waals surface area contributed by atoms with E-state index >= 15 is 0 Å². The Morgan fingerprint density at radius 3 is 2.85 bits per heavy atom. The van der Waals surface area contributed by atoms with Crippen LogP contribution >= 0.6 is 11.8 Å². The first kappa shape index (κ1) is 10.1. The van der Waals surface area contributed by atoms with Crippen molar-refractivity contribution < 1.29 is 9.90 Å². The molecule has 1 rings (SSSR count). The number of hydrogen-bond acceptors (Lipinski definition) is 3. The van der Waals surface area contributed by atoms with E-state index in [0.29, 0.717) is 5.25 Å². The number of aromatic carboxylic acids is 1. The summed E-state index contributed by atoms with van der Waals surface area (Å²) in [5.41, 5.74) is 0.290. The third-order valence-electron chi connectivity index (χ3n) is 1.34. The van der Waals surface area contributed by atoms with Crippen molar-refractivity contribution in [2.45, 2.75) is 24.1 Å². The average Bonchev–Trinajstić information content (AvgIpc) is 2.03. The van der Waals surface area contributed by atoms with Crippen LogP contribution < -0.4 is 0 Å². The number of thioether (sulfide) groups is 1. The molecule has 13 heavy (non-hydrogen) atoms. The van der Waals surface area contributed by atoms with E-state index in [1.807, 2.05) is 13.8 Å². The molecule has 1 heterocycles. The van der Waals surface area contributed by atoms with Gasteiger partial charge in [-0.15, -0.1) is 11.8 Å². The molecule has 0 aromatic carbocycles. The SMILES string of the molecule is CC(C)Sc1cc(C(=O)O)ccn1. The van der Waals surface area contributed by atoms with Crippen molar-refractivity contribution in [2.75, 3.05) is 0 Å². The van der Waals surface area contributed by atoms with Crippen molar-refractivity contribution >= 4 is 17.7 Å². The maximum absolute atomic E-state index is 10.6. The molecule has 0 atom stereocenters. The Morgan fingerprint density at radius 1 is 1.62 bits per heavy atom. The molecule has 0 aliphatic carbocycles. The topological polar surface area (TPSA) is 50.2 Å². The molecule has 3 nitrogen and oxygen atoms in total. The average molecular weight is 197 g/mol. The second-order valence-electron chi connectivity index (χ2n) is 2.85. The molecular formula is C9H11NO2S. The quantitative estimate of drug-likeness (QED) is 0.755. The Morgan fingerprint density at radius 2 is 2.31 bits per heavy atom. The molecule has 4 heteroatoms. The minimum Gasteiger partial charge on any atom is -0.478 e. The summed E-state index contributed by atoms with van der Waals surface area (Å²) in [5.74, 6) is -0.909. The third kappa shape index (κ3) is 3.06. The van der Waals surface area contributed by atoms with Gasteiger partial charge in [0.05, 0.1) is 10.6 Å². The van der Waals surface area contributed by atoms with E-state index in [1.165, 1.54) is 12.3 Å². The van der Waals surface area contributed by atoms with Gasteiger partial charge in [-0.1, -0.05) is 13.8 Å². The fourth-order valence-electron chi connectivity index (χ4n) is 0.848. The van der Waals surface area contributed by atoms with Crippen LogP contribution in [-0.2, 0) is 0 Å². The largest absolute Gasteiger partial charge is 0.478 e. The number of carboxylic acid groups (broad SMARTS) is 1. The molecule has 0 amide bonds. The number of rotatable bonds is 3. The standard InChI is InChI=1S/C9H11NO2S/c1-6(2)13-8-5-7(9(11)12)3-4-10-8/h3-6H,1-2H3,(H,11,12). The van der Waals surface area contributed by atoms with Crippen LogP contribution in [0.15, 0.2) is 23.4 Å². The lowest BCUT2D eigenvalue weighted by molar-refractivity contribution is 0.0696. The molecule has 0 aliphatic heterocycles. The predicted molar refractivity (Wildman–Crippen MR) is 52.2 cm³/mol. The summed E-state index contributed by atoms with van der Waals surface area (Å²) in [6.07, 6.45) is 1.52. The van der Waals surface area contributed by atoms with Crippen LogP contribution in [0.2, 0.25) is 0 Å². The maximum Gasteiger partial charge on any atom is 0.335 e. The molecule has 0 fully saturated rings. The van der Waals surface area contributed by atoms with Gasteiger partial charge < -0.3 is 5.11 Å². The number of carboxylic acids is 1. The van der Waals surface area contributed by atoms with Gasteiger partial charge in [0.1, 0.15) is 0 Å². The highest BCUT2D eigenvalue weighted by Gasteiger charge is 2.05. The first-order chi connectivity index (χ1) is 6.09. The van der Waals surface area contributed by atoms with E-state index in [-0.39, 0.29) is 5.56 Å². The van der Waals surface area contributed by atoms with Gasteiger partial charge >= 0.3 is 5.97 Å². The second kappa shape index (κ2) is 4.28. The lowest BCUT2D eigenvalue weighted by Gasteiger charge is -2.03. The normalized spacial score (nSPS) is 10.4. The Labute approximate surface area is 81.2 Å². The number of nitrogens with zero attached hydrogens (tertiary/aromatic N) is 1. The van der Waals surface area contributed by atoms with Gasteiger partial charge in [-0.2, -0.15) is 0 Å². The molecule has 0 bridgehead atoms. The van der Waals surface area contributed by atoms with Gasteiger partial charge in [0, 0.05) is 11.4 Å². The van der Waals surface area contributed by atoms with E-state index in [1.54, 1.807) is 17.8 Å². The van der Waals surface area contributed by atoms with Gasteiger partial charge in [-0.3, -0.25) is 0 Å². The van der Waals surface area contributed by atoms with Crippen LogP contribution in [-0.4, -0.2) is 21.3 Å². The van der Waals surface area contributed by atoms with Crippen LogP contribution in [0.3, 0.4) is 0 Å². The van der Waals surface area contributed by atoms with Crippen LogP contribution in [0.25, 0.3) is 0 Å². The number of hydrogen-bond donors (Lipinski definition) is 1. The van der Waals surface area contributed by atoms with E-state index in [0.717, 1.165) is 5.03 Å². The fraction of sp³-hybridized carbons (Fsp3) is 0.333. The summed E-state index contributed by atoms with van der Waals surface area (Å²) in [6.45, 7) is 4.08. The number of aromatic nitrogens is 1. The van der Waals surface area contributed by atoms with E-state index in [9.17, 15) is 4.79 Å². The minimum absolute atomic E-state index is 0.290. The maximum atomic E-state index is 10.6. The highest BCUT2D eigenvalue weighted by molar-refractivity contribution is 7.99. The molecule has 0 radical (unpaired) electrons. The van der Waals surface area contributed by atoms with Gasteiger partial charge in [0.15, 0.2) is 0 Å². The van der Waals surface area contributed by atoms with Crippen molar-refractivity contribution in [1.29, 1.82) is 0 Å². The third-order valence-corrected chi connectivity index (χ3v) is 2.27. The smallest absolute Gasteiger partial charge is 0.335 e. The Kier molecular flexibility index (Phi) is 3.31. The molecule has 1 aromatic heterocycles. The number of carbonyl (C=O) groups is 1. The van der Waals surface area contributed by atoms with Crippen molar-refractivity contribution in [3.05, 3.63) is 23.9 Å². The highest BCUT2D eigenvalue weighted by Crippen LogP contribution is 2.20. The van der Waals surface area contributed by atoms with E-state index in [4.69, 9.17) is 5.11 Å². The van der Waals surface area contributed by atoms with Crippen molar-refractivity contribution in [3.63, 3.8) is 0 Å². The number of pyridine rings is 1. The van der Waals surface area contributed by atoms with Crippen LogP contribution in [0.1, 0.15) is 24.2 Å². The Bertz CT molecular complexity index is 312. The lowest BCUT2D eigenvalue weighted by atomic mass is 10.3. The molecule has 0 spiro atoms. The van der Waals surface area contributed by atoms with Gasteiger partial charge in [-0.25, -0.2) is 9.78 Å². The Balaban J connectivity index is 2.85. The van der Waals surface area contributed by atoms with Crippen LogP contribution in [0.5, 0.6) is 0 Å². The summed E-state index contributed by atoms with van der Waals surface area (Å²) >= 11 is 1.56. The fourth-order valence-corrected chi connectivity index (χ4v) is 1.65. The summed E-state index contributed by atoms with van der Waals surface area (Å²) < 4.78 is 0. The summed E-state index contributed by atoms with van der Waals surface area (Å²) in [4.78, 5) is 14.7. The highest BCUT2D eigenvalue weighted by atomic mass is 32.2. The molecule has 0 unspecified atom stereocenters. The molecular weight excluding hydrogens is 186 g/mol. The molecule has 1 aromatic rings. The second-order valence-corrected chi connectivity index (χ2v) is 4.45. The zero-order valence-electron chi connectivity index (χ0n) is 7.52. The summed E-state index contributed by atoms with van der Waals surface area (Å²) in [5, 5.41) is 9.88. The zero-order chi connectivity index (χ0) is 9.84. The first-order valence-corrected chi connectivity index (χ1v) is 4.83. The zero-order valence-corrected chi connectivity index (χ0v) is 8.34. The van der Waals surface area contributed by atoms with Crippen LogP contribution in [0, 0.1) is 0 Å². The Hall–Kier alpha value is -1.03. The van der Waals surface area contributed by atoms with Gasteiger partial charge in [0.2, 0.25) is 0 Å². The lowest BCUT2D eigenvalue weighted by Crippen LogP contribution is -1.97. The van der Waals surface area contributed by atoms with E-state index in [2.05, 4.69) is 4.98 Å². The molecule has 0 aliphatic rings. The first-order valence-electron chi connectivity index (χ1n) is 3.95. The summed E-state index contributed by atoms with van der Waals surface area (Å²) in [6, 6.07) is 3.08. The predicted octanol–water partition coefficient (Wildman–Crippen LogP) is 2.28. The van der Waals surface area contributed by atoms with Crippen molar-refractivity contribution in [2.24, 2.45) is 0 Å². The monoisotopic (exact) mass is 197 g/mol. The molecule has 0 saturated heterocycles. The van der Waals surface area contributed by atoms with Crippen molar-refractivity contribution in [1.82, 2.24) is 4.98 Å². The van der Waals surface area contributed by atoms with Crippen molar-refractivity contribution in [3.8, 4) is 0 Å². The summed E-state index contributed by atoms with van der Waals surface area (Å²) in [7, 11) is 0.